The van der Waals surface area contributed by atoms with Gasteiger partial charge in [0.15, 0.2) is 29.1 Å². The third-order valence-electron chi connectivity index (χ3n) is 11.4. The van der Waals surface area contributed by atoms with Crippen LogP contribution in [0, 0.1) is 29.6 Å². The molecule has 3 saturated carbocycles. The van der Waals surface area contributed by atoms with E-state index >= 15 is 8.78 Å². The van der Waals surface area contributed by atoms with Gasteiger partial charge in [0.05, 0.1) is 12.2 Å². The van der Waals surface area contributed by atoms with Crippen molar-refractivity contribution in [2.45, 2.75) is 76.0 Å². The highest BCUT2D eigenvalue weighted by atomic mass is 19.1. The summed E-state index contributed by atoms with van der Waals surface area (Å²) >= 11 is 0. The number of aliphatic hydroxyl groups is 2. The standard InChI is InChI=1S/C35H37F2NO7/c1-18-10-20(38)12-23(11-18)43-22-6-4-19(5-7-22)31-44-30-15-24-25-14-27(36)26-13-21(40)8-9-32(26,2)34(25,37)28(41)16-33(24,3)35(30,45-31)29(42)17-39/h4-13,24-25,27-28,30-31,39,41H,14-17,38H2,1-3H3/t24-,25-,27-,28-,30+,31-,32-,33-,34-,35+/m0/s1. The first-order valence-corrected chi connectivity index (χ1v) is 15.4. The van der Waals surface area contributed by atoms with Crippen LogP contribution in [-0.4, -0.2) is 58.0 Å². The number of rotatable bonds is 5. The summed E-state index contributed by atoms with van der Waals surface area (Å²) in [5, 5.41) is 21.8. The lowest BCUT2D eigenvalue weighted by atomic mass is 9.44. The second-order valence-electron chi connectivity index (χ2n) is 13.7. The van der Waals surface area contributed by atoms with Crippen molar-refractivity contribution in [1.29, 1.82) is 0 Å². The molecular weight excluding hydrogens is 584 g/mol. The number of ether oxygens (including phenoxy) is 3. The van der Waals surface area contributed by atoms with Gasteiger partial charge in [-0.1, -0.05) is 25.1 Å². The van der Waals surface area contributed by atoms with Crippen LogP contribution >= 0.6 is 0 Å². The van der Waals surface area contributed by atoms with Crippen LogP contribution in [0.5, 0.6) is 11.5 Å². The number of halogens is 2. The van der Waals surface area contributed by atoms with Gasteiger partial charge in [0.25, 0.3) is 0 Å². The quantitative estimate of drug-likeness (QED) is 0.398. The predicted octanol–water partition coefficient (Wildman–Crippen LogP) is 5.01. The zero-order valence-electron chi connectivity index (χ0n) is 25.3. The van der Waals surface area contributed by atoms with Gasteiger partial charge in [0.1, 0.15) is 24.3 Å². The van der Waals surface area contributed by atoms with Gasteiger partial charge in [0.2, 0.25) is 0 Å². The summed E-state index contributed by atoms with van der Waals surface area (Å²) in [6.45, 7) is 4.36. The number of nitrogen functional groups attached to an aromatic ring is 1. The maximum Gasteiger partial charge on any atom is 0.193 e. The van der Waals surface area contributed by atoms with Crippen LogP contribution in [0.3, 0.4) is 0 Å². The molecule has 45 heavy (non-hydrogen) atoms. The molecule has 10 heteroatoms. The van der Waals surface area contributed by atoms with Crippen molar-refractivity contribution in [1.82, 2.24) is 0 Å². The summed E-state index contributed by atoms with van der Waals surface area (Å²) in [6.07, 6.45) is -1.60. The van der Waals surface area contributed by atoms with Crippen molar-refractivity contribution in [2.75, 3.05) is 12.3 Å². The fraction of sp³-hybridized carbons (Fsp3) is 0.486. The van der Waals surface area contributed by atoms with Crippen molar-refractivity contribution in [3.8, 4) is 11.5 Å². The van der Waals surface area contributed by atoms with E-state index in [0.29, 0.717) is 22.7 Å². The van der Waals surface area contributed by atoms with Crippen LogP contribution in [0.4, 0.5) is 14.5 Å². The molecule has 7 rings (SSSR count). The number of fused-ring (bicyclic) bond motifs is 7. The highest BCUT2D eigenvalue weighted by Crippen LogP contribution is 2.72. The number of anilines is 1. The minimum absolute atomic E-state index is 0.0293. The van der Waals surface area contributed by atoms with Crippen molar-refractivity contribution in [3.05, 3.63) is 77.4 Å². The third kappa shape index (κ3) is 4.01. The van der Waals surface area contributed by atoms with E-state index in [1.54, 1.807) is 37.3 Å². The van der Waals surface area contributed by atoms with Gasteiger partial charge in [-0.25, -0.2) is 8.78 Å². The first-order chi connectivity index (χ1) is 21.3. The summed E-state index contributed by atoms with van der Waals surface area (Å²) < 4.78 is 52.2. The first kappa shape index (κ1) is 30.2. The zero-order valence-corrected chi connectivity index (χ0v) is 25.3. The Balaban J connectivity index is 1.20. The molecule has 0 amide bonds. The molecule has 0 unspecified atom stereocenters. The molecular formula is C35H37F2NO7. The molecule has 1 aliphatic heterocycles. The number of allylic oxidation sites excluding steroid dienone is 4. The summed E-state index contributed by atoms with van der Waals surface area (Å²) in [7, 11) is 0. The highest BCUT2D eigenvalue weighted by molar-refractivity contribution is 6.01. The maximum atomic E-state index is 17.5. The lowest BCUT2D eigenvalue weighted by Gasteiger charge is -2.63. The Kier molecular flexibility index (Phi) is 6.74. The zero-order chi connectivity index (χ0) is 32.1. The predicted molar refractivity (Wildman–Crippen MR) is 160 cm³/mol. The van der Waals surface area contributed by atoms with Gasteiger partial charge in [-0.15, -0.1) is 0 Å². The van der Waals surface area contributed by atoms with E-state index in [-0.39, 0.29) is 24.8 Å². The normalized spacial score (nSPS) is 41.5. The molecule has 4 N–H and O–H groups in total. The van der Waals surface area contributed by atoms with Gasteiger partial charge in [-0.2, -0.15) is 0 Å². The van der Waals surface area contributed by atoms with E-state index in [4.69, 9.17) is 19.9 Å². The number of hydrogen-bond donors (Lipinski definition) is 3. The molecule has 238 valence electrons. The fourth-order valence-electron chi connectivity index (χ4n) is 9.38. The average Bonchev–Trinajstić information content (AvgIpc) is 3.48. The molecule has 0 spiro atoms. The number of nitrogens with two attached hydrogens (primary N) is 1. The third-order valence-corrected chi connectivity index (χ3v) is 11.4. The number of ketones is 2. The Labute approximate surface area is 259 Å². The van der Waals surface area contributed by atoms with Crippen molar-refractivity contribution in [2.24, 2.45) is 22.7 Å². The molecule has 0 aromatic heterocycles. The van der Waals surface area contributed by atoms with Crippen LogP contribution in [-0.2, 0) is 19.1 Å². The lowest BCUT2D eigenvalue weighted by Crippen LogP contribution is -2.70. The maximum absolute atomic E-state index is 17.5. The highest BCUT2D eigenvalue weighted by Gasteiger charge is 2.80. The number of aliphatic hydroxyl groups excluding tert-OH is 2. The molecule has 8 nitrogen and oxygen atoms in total. The van der Waals surface area contributed by atoms with Gasteiger partial charge in [0, 0.05) is 34.1 Å². The molecule has 4 fully saturated rings. The molecule has 4 aliphatic carbocycles. The summed E-state index contributed by atoms with van der Waals surface area (Å²) in [6, 6.07) is 12.4. The molecule has 2 aromatic rings. The van der Waals surface area contributed by atoms with E-state index in [0.717, 1.165) is 11.6 Å². The van der Waals surface area contributed by atoms with E-state index < -0.39 is 76.8 Å². The van der Waals surface area contributed by atoms with Gasteiger partial charge >= 0.3 is 0 Å². The number of carbonyl (C=O) groups is 2. The SMILES string of the molecule is Cc1cc(N)cc(Oc2ccc([C@H]3O[C@@H]4C[C@H]5[C@@H]6C[C@H](F)C7=CC(=O)C=C[C@]7(C)[C@@]6(F)[C@@H](O)C[C@]5(C)[C@]4(C(=O)CO)O3)cc2)c1. The Hall–Kier alpha value is -3.44. The number of Topliss-reactive ketones (excluding diaryl/α,β-unsaturated/α-hetero) is 1. The average molecular weight is 622 g/mol. The van der Waals surface area contributed by atoms with E-state index in [1.807, 2.05) is 19.1 Å². The van der Waals surface area contributed by atoms with Crippen LogP contribution in [0.15, 0.2) is 66.3 Å². The van der Waals surface area contributed by atoms with E-state index in [1.165, 1.54) is 19.1 Å². The Bertz CT molecular complexity index is 1620. The number of aryl methyl sites for hydroxylation is 1. The molecule has 2 aromatic carbocycles. The minimum Gasteiger partial charge on any atom is -0.457 e. The summed E-state index contributed by atoms with van der Waals surface area (Å²) in [5.41, 5.74) is 1.36. The molecule has 0 bridgehead atoms. The Morgan fingerprint density at radius 3 is 2.53 bits per heavy atom. The summed E-state index contributed by atoms with van der Waals surface area (Å²) in [4.78, 5) is 25.8. The van der Waals surface area contributed by atoms with Gasteiger partial charge < -0.3 is 30.2 Å². The van der Waals surface area contributed by atoms with Crippen molar-refractivity contribution in [3.63, 3.8) is 0 Å². The van der Waals surface area contributed by atoms with Crippen LogP contribution in [0.25, 0.3) is 0 Å². The van der Waals surface area contributed by atoms with E-state index in [2.05, 4.69) is 0 Å². The monoisotopic (exact) mass is 621 g/mol. The smallest absolute Gasteiger partial charge is 0.193 e. The van der Waals surface area contributed by atoms with Crippen LogP contribution < -0.4 is 10.5 Å². The Morgan fingerprint density at radius 1 is 1.11 bits per heavy atom. The molecule has 0 radical (unpaired) electrons. The number of benzene rings is 2. The fourth-order valence-corrected chi connectivity index (χ4v) is 9.38. The van der Waals surface area contributed by atoms with Crippen LogP contribution in [0.2, 0.25) is 0 Å². The van der Waals surface area contributed by atoms with E-state index in [9.17, 15) is 19.8 Å². The molecule has 1 heterocycles. The number of alkyl halides is 2. The van der Waals surface area contributed by atoms with Crippen LogP contribution in [0.1, 0.15) is 50.5 Å². The minimum atomic E-state index is -2.30. The molecule has 1 saturated heterocycles. The van der Waals surface area contributed by atoms with Crippen molar-refractivity contribution >= 4 is 17.3 Å². The summed E-state index contributed by atoms with van der Waals surface area (Å²) in [5.74, 6) is -1.54. The molecule has 10 atom stereocenters. The topological polar surface area (TPSA) is 128 Å². The van der Waals surface area contributed by atoms with Gasteiger partial charge in [-0.05, 0) is 86.6 Å². The number of carbonyl (C=O) groups excluding carboxylic acids is 2. The molecule has 5 aliphatic rings. The van der Waals surface area contributed by atoms with Gasteiger partial charge in [-0.3, -0.25) is 9.59 Å². The largest absolute Gasteiger partial charge is 0.457 e. The Morgan fingerprint density at radius 2 is 1.84 bits per heavy atom. The number of hydrogen-bond acceptors (Lipinski definition) is 8. The first-order valence-electron chi connectivity index (χ1n) is 15.4. The second-order valence-corrected chi connectivity index (χ2v) is 13.7. The van der Waals surface area contributed by atoms with Crippen molar-refractivity contribution < 1.29 is 42.8 Å². The second kappa shape index (κ2) is 10.0. The lowest BCUT2D eigenvalue weighted by molar-refractivity contribution is -0.235.